The highest BCUT2D eigenvalue weighted by Gasteiger charge is 2.21. The number of methoxy groups -OCH3 is 1. The third-order valence-corrected chi connectivity index (χ3v) is 3.92. The van der Waals surface area contributed by atoms with Crippen LogP contribution in [0, 0.1) is 11.6 Å². The van der Waals surface area contributed by atoms with E-state index in [9.17, 15) is 8.78 Å². The maximum absolute atomic E-state index is 14.0. The second-order valence-electron chi connectivity index (χ2n) is 5.23. The van der Waals surface area contributed by atoms with Gasteiger partial charge in [0.15, 0.2) is 11.6 Å². The Morgan fingerprint density at radius 3 is 2.62 bits per heavy atom. The molecular weight excluding hydrogens is 274 g/mol. The smallest absolute Gasteiger partial charge is 0.163 e. The molecule has 0 aliphatic heterocycles. The first-order valence-corrected chi connectivity index (χ1v) is 7.39. The SMILES string of the molecule is CCC(C)N(CCOC)CC(NC)c1cccc(F)c1F. The maximum atomic E-state index is 14.0. The largest absolute Gasteiger partial charge is 0.383 e. The predicted octanol–water partition coefficient (Wildman–Crippen LogP) is 2.97. The molecule has 0 radical (unpaired) electrons. The molecule has 0 spiro atoms. The summed E-state index contributed by atoms with van der Waals surface area (Å²) in [7, 11) is 3.43. The van der Waals surface area contributed by atoms with Gasteiger partial charge in [-0.25, -0.2) is 8.78 Å². The highest BCUT2D eigenvalue weighted by Crippen LogP contribution is 2.21. The minimum atomic E-state index is -0.806. The highest BCUT2D eigenvalue weighted by molar-refractivity contribution is 5.23. The van der Waals surface area contributed by atoms with Gasteiger partial charge in [0, 0.05) is 37.8 Å². The lowest BCUT2D eigenvalue weighted by Gasteiger charge is -2.32. The van der Waals surface area contributed by atoms with E-state index in [2.05, 4.69) is 24.1 Å². The van der Waals surface area contributed by atoms with Crippen molar-refractivity contribution in [3.05, 3.63) is 35.4 Å². The first-order valence-electron chi connectivity index (χ1n) is 7.39. The molecule has 1 rings (SSSR count). The van der Waals surface area contributed by atoms with E-state index >= 15 is 0 Å². The normalized spacial score (nSPS) is 14.4. The molecule has 120 valence electrons. The molecule has 0 amide bonds. The number of ether oxygens (including phenoxy) is 1. The molecule has 0 aromatic heterocycles. The molecule has 21 heavy (non-hydrogen) atoms. The number of rotatable bonds is 9. The minimum absolute atomic E-state index is 0.258. The van der Waals surface area contributed by atoms with E-state index in [-0.39, 0.29) is 6.04 Å². The second-order valence-corrected chi connectivity index (χ2v) is 5.23. The van der Waals surface area contributed by atoms with Crippen molar-refractivity contribution in [1.29, 1.82) is 0 Å². The van der Waals surface area contributed by atoms with Crippen LogP contribution in [0.5, 0.6) is 0 Å². The van der Waals surface area contributed by atoms with E-state index in [0.29, 0.717) is 24.8 Å². The second kappa shape index (κ2) is 9.07. The third-order valence-electron chi connectivity index (χ3n) is 3.92. The summed E-state index contributed by atoms with van der Waals surface area (Å²) in [6.07, 6.45) is 0.992. The first kappa shape index (κ1) is 18.0. The molecular formula is C16H26F2N2O. The molecule has 3 nitrogen and oxygen atoms in total. The predicted molar refractivity (Wildman–Crippen MR) is 81.4 cm³/mol. The fourth-order valence-electron chi connectivity index (χ4n) is 2.33. The lowest BCUT2D eigenvalue weighted by Crippen LogP contribution is -2.41. The van der Waals surface area contributed by atoms with Gasteiger partial charge in [0.1, 0.15) is 0 Å². The van der Waals surface area contributed by atoms with Crippen LogP contribution in [0.2, 0.25) is 0 Å². The molecule has 0 saturated carbocycles. The molecule has 0 bridgehead atoms. The molecule has 0 aliphatic carbocycles. The lowest BCUT2D eigenvalue weighted by atomic mass is 10.0. The Kier molecular flexibility index (Phi) is 7.78. The Morgan fingerprint density at radius 1 is 1.33 bits per heavy atom. The zero-order valence-corrected chi connectivity index (χ0v) is 13.3. The van der Waals surface area contributed by atoms with Crippen molar-refractivity contribution in [3.63, 3.8) is 0 Å². The standard InChI is InChI=1S/C16H26F2N2O/c1-5-12(2)20(9-10-21-4)11-15(19-3)13-7-6-8-14(17)16(13)18/h6-8,12,15,19H,5,9-11H2,1-4H3. The van der Waals surface area contributed by atoms with E-state index in [4.69, 9.17) is 4.74 Å². The lowest BCUT2D eigenvalue weighted by molar-refractivity contribution is 0.114. The summed E-state index contributed by atoms with van der Waals surface area (Å²) in [4.78, 5) is 2.23. The molecule has 0 saturated heterocycles. The highest BCUT2D eigenvalue weighted by atomic mass is 19.2. The summed E-state index contributed by atoms with van der Waals surface area (Å²) >= 11 is 0. The van der Waals surface area contributed by atoms with Crippen LogP contribution in [0.1, 0.15) is 31.9 Å². The molecule has 1 aromatic rings. The van der Waals surface area contributed by atoms with Crippen molar-refractivity contribution in [1.82, 2.24) is 10.2 Å². The summed E-state index contributed by atoms with van der Waals surface area (Å²) in [5.74, 6) is -1.58. The summed E-state index contributed by atoms with van der Waals surface area (Å²) in [5.41, 5.74) is 0.364. The maximum Gasteiger partial charge on any atom is 0.163 e. The van der Waals surface area contributed by atoms with Crippen molar-refractivity contribution < 1.29 is 13.5 Å². The Labute approximate surface area is 126 Å². The van der Waals surface area contributed by atoms with Gasteiger partial charge < -0.3 is 10.1 Å². The molecule has 1 aromatic carbocycles. The summed E-state index contributed by atoms with van der Waals surface area (Å²) in [6, 6.07) is 4.41. The summed E-state index contributed by atoms with van der Waals surface area (Å²) in [6.45, 7) is 6.23. The Morgan fingerprint density at radius 2 is 2.05 bits per heavy atom. The van der Waals surface area contributed by atoms with Gasteiger partial charge in [-0.1, -0.05) is 19.1 Å². The van der Waals surface area contributed by atoms with Gasteiger partial charge >= 0.3 is 0 Å². The topological polar surface area (TPSA) is 24.5 Å². The average molecular weight is 300 g/mol. The number of nitrogens with one attached hydrogen (secondary N) is 1. The van der Waals surface area contributed by atoms with Crippen molar-refractivity contribution in [2.24, 2.45) is 0 Å². The van der Waals surface area contributed by atoms with Gasteiger partial charge in [0.25, 0.3) is 0 Å². The minimum Gasteiger partial charge on any atom is -0.383 e. The summed E-state index contributed by atoms with van der Waals surface area (Å²) in [5, 5.41) is 3.08. The molecule has 2 atom stereocenters. The van der Waals surface area contributed by atoms with Crippen LogP contribution >= 0.6 is 0 Å². The average Bonchev–Trinajstić information content (AvgIpc) is 2.50. The van der Waals surface area contributed by atoms with E-state index in [0.717, 1.165) is 19.0 Å². The molecule has 0 fully saturated rings. The van der Waals surface area contributed by atoms with Crippen LogP contribution in [0.3, 0.4) is 0 Å². The van der Waals surface area contributed by atoms with Gasteiger partial charge in [0.2, 0.25) is 0 Å². The van der Waals surface area contributed by atoms with Crippen LogP contribution in [0.25, 0.3) is 0 Å². The van der Waals surface area contributed by atoms with Crippen LogP contribution in [-0.2, 0) is 4.74 Å². The van der Waals surface area contributed by atoms with Crippen LogP contribution in [-0.4, -0.2) is 44.8 Å². The zero-order chi connectivity index (χ0) is 15.8. The van der Waals surface area contributed by atoms with Gasteiger partial charge in [-0.3, -0.25) is 4.90 Å². The van der Waals surface area contributed by atoms with Gasteiger partial charge in [0.05, 0.1) is 6.61 Å². The Balaban J connectivity index is 2.89. The van der Waals surface area contributed by atoms with Crippen molar-refractivity contribution >= 4 is 0 Å². The Bertz CT molecular complexity index is 429. The monoisotopic (exact) mass is 300 g/mol. The third kappa shape index (κ3) is 5.02. The van der Waals surface area contributed by atoms with Gasteiger partial charge in [-0.05, 0) is 26.5 Å². The molecule has 0 heterocycles. The van der Waals surface area contributed by atoms with Crippen molar-refractivity contribution in [2.45, 2.75) is 32.4 Å². The molecule has 2 unspecified atom stereocenters. The summed E-state index contributed by atoms with van der Waals surface area (Å²) < 4.78 is 32.5. The van der Waals surface area contributed by atoms with Crippen LogP contribution < -0.4 is 5.32 Å². The number of hydrogen-bond donors (Lipinski definition) is 1. The Hall–Kier alpha value is -1.04. The van der Waals surface area contributed by atoms with E-state index < -0.39 is 11.6 Å². The molecule has 0 aliphatic rings. The zero-order valence-electron chi connectivity index (χ0n) is 13.3. The van der Waals surface area contributed by atoms with Crippen molar-refractivity contribution in [2.75, 3.05) is 33.9 Å². The number of hydrogen-bond acceptors (Lipinski definition) is 3. The molecule has 5 heteroatoms. The van der Waals surface area contributed by atoms with Gasteiger partial charge in [-0.15, -0.1) is 0 Å². The van der Waals surface area contributed by atoms with Crippen LogP contribution in [0.15, 0.2) is 18.2 Å². The van der Waals surface area contributed by atoms with E-state index in [1.165, 1.54) is 0 Å². The fraction of sp³-hybridized carbons (Fsp3) is 0.625. The van der Waals surface area contributed by atoms with E-state index in [1.54, 1.807) is 26.3 Å². The number of likely N-dealkylation sites (N-methyl/N-ethyl adjacent to an activating group) is 1. The van der Waals surface area contributed by atoms with E-state index in [1.807, 2.05) is 0 Å². The quantitative estimate of drug-likeness (QED) is 0.759. The number of halogens is 2. The molecule has 1 N–H and O–H groups in total. The number of benzene rings is 1. The number of nitrogens with zero attached hydrogens (tertiary/aromatic N) is 1. The fourth-order valence-corrected chi connectivity index (χ4v) is 2.33. The van der Waals surface area contributed by atoms with Crippen molar-refractivity contribution in [3.8, 4) is 0 Å². The first-order chi connectivity index (χ1) is 10.0. The van der Waals surface area contributed by atoms with Gasteiger partial charge in [-0.2, -0.15) is 0 Å². The van der Waals surface area contributed by atoms with Crippen LogP contribution in [0.4, 0.5) is 8.78 Å².